The summed E-state index contributed by atoms with van der Waals surface area (Å²) in [5.41, 5.74) is 6.17. The van der Waals surface area contributed by atoms with Crippen LogP contribution in [-0.2, 0) is 6.61 Å². The summed E-state index contributed by atoms with van der Waals surface area (Å²) < 4.78 is 13.3. The maximum absolute atomic E-state index is 11.2. The van der Waals surface area contributed by atoms with Gasteiger partial charge in [-0.2, -0.15) is 5.10 Å². The van der Waals surface area contributed by atoms with E-state index in [0.29, 0.717) is 23.8 Å². The number of methoxy groups -OCH3 is 1. The molecule has 218 valence electrons. The molecular weight excluding hydrogens is 554 g/mol. The summed E-state index contributed by atoms with van der Waals surface area (Å²) in [6.45, 7) is 0.350. The number of fused-ring (bicyclic) bond motifs is 1. The fourth-order valence-corrected chi connectivity index (χ4v) is 4.79. The molecular formula is C35H29N5O4. The second kappa shape index (κ2) is 12.9. The van der Waals surface area contributed by atoms with Gasteiger partial charge in [0.2, 0.25) is 0 Å². The third kappa shape index (κ3) is 6.57. The molecule has 3 heterocycles. The lowest BCUT2D eigenvalue weighted by Crippen LogP contribution is -2.17. The van der Waals surface area contributed by atoms with Crippen LogP contribution >= 0.6 is 0 Å². The van der Waals surface area contributed by atoms with Gasteiger partial charge in [0.05, 0.1) is 40.8 Å². The average Bonchev–Trinajstić information content (AvgIpc) is 3.64. The minimum Gasteiger partial charge on any atom is -0.496 e. The van der Waals surface area contributed by atoms with E-state index in [2.05, 4.69) is 40.7 Å². The zero-order valence-electron chi connectivity index (χ0n) is 23.9. The summed E-state index contributed by atoms with van der Waals surface area (Å²) in [5.74, 6) is 1.32. The van der Waals surface area contributed by atoms with E-state index in [0.717, 1.165) is 28.2 Å². The molecule has 1 N–H and O–H groups in total. The summed E-state index contributed by atoms with van der Waals surface area (Å²) >= 11 is 0. The van der Waals surface area contributed by atoms with Gasteiger partial charge in [-0.1, -0.05) is 36.4 Å². The first kappa shape index (κ1) is 28.2. The van der Waals surface area contributed by atoms with E-state index in [1.54, 1.807) is 30.1 Å². The van der Waals surface area contributed by atoms with Crippen molar-refractivity contribution in [3.8, 4) is 17.2 Å². The molecule has 1 atom stereocenters. The van der Waals surface area contributed by atoms with Gasteiger partial charge in [-0.05, 0) is 84.1 Å². The van der Waals surface area contributed by atoms with Gasteiger partial charge in [0.25, 0.3) is 5.69 Å². The molecule has 0 fully saturated rings. The van der Waals surface area contributed by atoms with Gasteiger partial charge < -0.3 is 14.8 Å². The van der Waals surface area contributed by atoms with Crippen molar-refractivity contribution in [2.45, 2.75) is 12.6 Å². The number of rotatable bonds is 10. The van der Waals surface area contributed by atoms with Crippen molar-refractivity contribution in [1.82, 2.24) is 20.1 Å². The van der Waals surface area contributed by atoms with Crippen molar-refractivity contribution >= 4 is 23.9 Å². The van der Waals surface area contributed by atoms with Crippen LogP contribution in [0.2, 0.25) is 0 Å². The first-order valence-electron chi connectivity index (χ1n) is 14.0. The van der Waals surface area contributed by atoms with E-state index in [9.17, 15) is 10.1 Å². The van der Waals surface area contributed by atoms with Crippen LogP contribution in [0.4, 0.5) is 5.69 Å². The molecule has 1 aliphatic heterocycles. The van der Waals surface area contributed by atoms with E-state index in [4.69, 9.17) is 14.6 Å². The number of nitrogens with zero attached hydrogens (tertiary/aromatic N) is 4. The maximum atomic E-state index is 11.2. The molecule has 9 nitrogen and oxygen atoms in total. The van der Waals surface area contributed by atoms with Gasteiger partial charge in [-0.15, -0.1) is 0 Å². The molecule has 1 unspecified atom stereocenters. The third-order valence-electron chi connectivity index (χ3n) is 7.12. The van der Waals surface area contributed by atoms with E-state index >= 15 is 0 Å². The zero-order valence-corrected chi connectivity index (χ0v) is 23.9. The number of benzene rings is 2. The van der Waals surface area contributed by atoms with Gasteiger partial charge in [0, 0.05) is 30.0 Å². The molecule has 0 saturated carbocycles. The van der Waals surface area contributed by atoms with E-state index in [1.165, 1.54) is 17.7 Å². The Labute approximate surface area is 254 Å². The van der Waals surface area contributed by atoms with Crippen molar-refractivity contribution in [3.05, 3.63) is 159 Å². The summed E-state index contributed by atoms with van der Waals surface area (Å²) in [4.78, 5) is 15.1. The molecule has 44 heavy (non-hydrogen) atoms. The van der Waals surface area contributed by atoms with Gasteiger partial charge in [0.15, 0.2) is 0 Å². The second-order valence-electron chi connectivity index (χ2n) is 10.0. The predicted molar refractivity (Wildman–Crippen MR) is 171 cm³/mol. The number of nitro groups is 1. The van der Waals surface area contributed by atoms with Gasteiger partial charge in [-0.3, -0.25) is 15.1 Å². The van der Waals surface area contributed by atoms with Crippen molar-refractivity contribution < 1.29 is 14.4 Å². The lowest BCUT2D eigenvalue weighted by Gasteiger charge is -2.10. The van der Waals surface area contributed by atoms with Crippen LogP contribution < -0.4 is 14.8 Å². The number of pyridine rings is 1. The lowest BCUT2D eigenvalue weighted by molar-refractivity contribution is -0.384. The van der Waals surface area contributed by atoms with E-state index in [-0.39, 0.29) is 11.7 Å². The molecule has 0 bridgehead atoms. The number of non-ortho nitro benzene ring substituents is 1. The highest BCUT2D eigenvalue weighted by Gasteiger charge is 2.13. The number of nitro benzene ring substituents is 1. The summed E-state index contributed by atoms with van der Waals surface area (Å²) in [6, 6.07) is 19.8. The fourth-order valence-electron chi connectivity index (χ4n) is 4.79. The number of nitrogens with one attached hydrogen (secondary N) is 1. The zero-order chi connectivity index (χ0) is 30.3. The van der Waals surface area contributed by atoms with Crippen LogP contribution in [0, 0.1) is 10.1 Å². The van der Waals surface area contributed by atoms with Crippen LogP contribution in [0.1, 0.15) is 22.6 Å². The molecule has 2 aliphatic rings. The number of ether oxygens (including phenoxy) is 2. The van der Waals surface area contributed by atoms with Crippen LogP contribution in [0.15, 0.2) is 127 Å². The summed E-state index contributed by atoms with van der Waals surface area (Å²) in [7, 11) is 1.62. The Balaban J connectivity index is 1.27. The van der Waals surface area contributed by atoms with Crippen LogP contribution in [0.5, 0.6) is 11.5 Å². The minimum atomic E-state index is -0.416. The molecule has 0 radical (unpaired) electrons. The van der Waals surface area contributed by atoms with Crippen molar-refractivity contribution in [3.63, 3.8) is 0 Å². The Morgan fingerprint density at radius 2 is 1.89 bits per heavy atom. The largest absolute Gasteiger partial charge is 0.496 e. The van der Waals surface area contributed by atoms with Gasteiger partial charge >= 0.3 is 0 Å². The molecule has 0 spiro atoms. The number of aromatic nitrogens is 3. The highest BCUT2D eigenvalue weighted by Crippen LogP contribution is 2.28. The van der Waals surface area contributed by atoms with Crippen molar-refractivity contribution in [1.29, 1.82) is 0 Å². The maximum Gasteiger partial charge on any atom is 0.269 e. The first-order valence-corrected chi connectivity index (χ1v) is 14.0. The Morgan fingerprint density at radius 3 is 2.68 bits per heavy atom. The van der Waals surface area contributed by atoms with Gasteiger partial charge in [-0.25, -0.2) is 4.68 Å². The minimum absolute atomic E-state index is 0.0171. The Bertz CT molecular complexity index is 1850. The lowest BCUT2D eigenvalue weighted by atomic mass is 10.1. The molecule has 2 aromatic carbocycles. The fraction of sp³-hybridized carbons (Fsp3) is 0.0857. The first-order chi connectivity index (χ1) is 21.6. The highest BCUT2D eigenvalue weighted by atomic mass is 16.6. The number of allylic oxidation sites excluding steroid dienone is 5. The molecule has 0 amide bonds. The topological polar surface area (TPSA) is 104 Å². The monoisotopic (exact) mass is 583 g/mol. The molecule has 0 saturated heterocycles. The quantitative estimate of drug-likeness (QED) is 0.161. The number of hydrogen-bond acceptors (Lipinski definition) is 7. The third-order valence-corrected chi connectivity index (χ3v) is 7.12. The van der Waals surface area contributed by atoms with E-state index in [1.807, 2.05) is 73.0 Å². The Morgan fingerprint density at radius 1 is 1.00 bits per heavy atom. The van der Waals surface area contributed by atoms with Crippen LogP contribution in [-0.4, -0.2) is 32.8 Å². The molecule has 9 heteroatoms. The molecule has 2 aromatic heterocycles. The Kier molecular flexibility index (Phi) is 8.27. The Hall–Kier alpha value is -5.96. The smallest absolute Gasteiger partial charge is 0.269 e. The number of hydrogen-bond donors (Lipinski definition) is 1. The van der Waals surface area contributed by atoms with Crippen LogP contribution in [0.25, 0.3) is 23.9 Å². The molecule has 4 aromatic rings. The van der Waals surface area contributed by atoms with Gasteiger partial charge in [0.1, 0.15) is 18.1 Å². The van der Waals surface area contributed by atoms with Crippen molar-refractivity contribution in [2.75, 3.05) is 7.11 Å². The predicted octanol–water partition coefficient (Wildman–Crippen LogP) is 6.85. The standard InChI is InChI=1S/C35H29N5O4/c1-43-35-23-33(44-24-29-4-2-3-20-36-29)17-10-27(35)9-12-32-22-28(38-39(32)30-13-15-31(16-14-30)40(41)42)11-6-25-5-8-26-19-21-37-34(26)18-7-25/h2-23,34,37H,24H2,1H3/b11-6+,12-9+. The molecule has 1 aliphatic carbocycles. The summed E-state index contributed by atoms with van der Waals surface area (Å²) in [6.07, 6.45) is 22.0. The van der Waals surface area contributed by atoms with Crippen molar-refractivity contribution in [2.24, 2.45) is 0 Å². The van der Waals surface area contributed by atoms with Crippen LogP contribution in [0.3, 0.4) is 0 Å². The normalized spacial score (nSPS) is 15.5. The molecule has 6 rings (SSSR count). The second-order valence-corrected chi connectivity index (χ2v) is 10.0. The summed E-state index contributed by atoms with van der Waals surface area (Å²) in [5, 5.41) is 19.3. The average molecular weight is 584 g/mol. The SMILES string of the molecule is COc1cc(OCc2ccccn2)ccc1/C=C/c1cc(/C=C/C2=CC=C3C=CNC3C=C2)nn1-c1ccc([N+](=O)[O-])cc1. The van der Waals surface area contributed by atoms with E-state index < -0.39 is 4.92 Å². The highest BCUT2D eigenvalue weighted by molar-refractivity contribution is 5.73.